The molecule has 1 aliphatic heterocycles. The van der Waals surface area contributed by atoms with Crippen molar-refractivity contribution in [1.82, 2.24) is 9.13 Å². The van der Waals surface area contributed by atoms with Crippen molar-refractivity contribution in [3.63, 3.8) is 0 Å². The summed E-state index contributed by atoms with van der Waals surface area (Å²) in [6, 6.07) is 34.3. The molecular formula is C45H32N2O. The number of aromatic nitrogens is 2. The smallest absolute Gasteiger partial charge is 0.128 e. The molecule has 3 aliphatic carbocycles. The molecule has 2 aromatic heterocycles. The summed E-state index contributed by atoms with van der Waals surface area (Å²) in [4.78, 5) is 0. The van der Waals surface area contributed by atoms with Crippen molar-refractivity contribution >= 4 is 50.4 Å². The van der Waals surface area contributed by atoms with E-state index in [0.29, 0.717) is 6.61 Å². The average molecular weight is 617 g/mol. The van der Waals surface area contributed by atoms with Gasteiger partial charge in [0.1, 0.15) is 6.61 Å². The van der Waals surface area contributed by atoms with E-state index in [9.17, 15) is 0 Å². The number of hydrogen-bond donors (Lipinski definition) is 0. The third-order valence-electron chi connectivity index (χ3n) is 11.0. The van der Waals surface area contributed by atoms with Crippen LogP contribution in [0.25, 0.3) is 89.5 Å². The molecule has 0 amide bonds. The number of fused-ring (bicyclic) bond motifs is 9. The average Bonchev–Trinajstić information content (AvgIpc) is 3.78. The Bertz CT molecular complexity index is 2640. The maximum absolute atomic E-state index is 5.96. The number of rotatable bonds is 3. The van der Waals surface area contributed by atoms with Crippen molar-refractivity contribution in [3.8, 4) is 39.1 Å². The van der Waals surface area contributed by atoms with Gasteiger partial charge in [-0.2, -0.15) is 0 Å². The first-order chi connectivity index (χ1) is 23.8. The highest BCUT2D eigenvalue weighted by Crippen LogP contribution is 2.49. The van der Waals surface area contributed by atoms with Crippen molar-refractivity contribution in [1.29, 1.82) is 0 Å². The van der Waals surface area contributed by atoms with Gasteiger partial charge in [0, 0.05) is 33.1 Å². The van der Waals surface area contributed by atoms with Gasteiger partial charge in [0.25, 0.3) is 0 Å². The predicted octanol–water partition coefficient (Wildman–Crippen LogP) is 11.7. The van der Waals surface area contributed by atoms with Crippen molar-refractivity contribution in [2.75, 3.05) is 0 Å². The van der Waals surface area contributed by atoms with Crippen molar-refractivity contribution in [2.45, 2.75) is 32.3 Å². The Morgan fingerprint density at radius 3 is 2.21 bits per heavy atom. The van der Waals surface area contributed by atoms with E-state index in [1.807, 2.05) is 6.26 Å². The van der Waals surface area contributed by atoms with E-state index in [4.69, 9.17) is 4.74 Å². The lowest BCUT2D eigenvalue weighted by Gasteiger charge is -2.17. The molecule has 0 radical (unpaired) electrons. The summed E-state index contributed by atoms with van der Waals surface area (Å²) in [6.07, 6.45) is 19.8. The number of nitrogens with zero attached hydrogens (tertiary/aromatic N) is 2. The van der Waals surface area contributed by atoms with E-state index < -0.39 is 0 Å². The predicted molar refractivity (Wildman–Crippen MR) is 200 cm³/mol. The van der Waals surface area contributed by atoms with Crippen LogP contribution in [0, 0.1) is 0 Å². The second kappa shape index (κ2) is 9.85. The fourth-order valence-electron chi connectivity index (χ4n) is 8.88. The first kappa shape index (κ1) is 26.3. The molecular weight excluding hydrogens is 585 g/mol. The van der Waals surface area contributed by atoms with Gasteiger partial charge in [-0.25, -0.2) is 0 Å². The molecule has 0 spiro atoms. The summed E-state index contributed by atoms with van der Waals surface area (Å²) in [6.45, 7) is 0.543. The van der Waals surface area contributed by atoms with Gasteiger partial charge in [0.2, 0.25) is 0 Å². The Hall–Kier alpha value is -5.80. The zero-order valence-electron chi connectivity index (χ0n) is 26.5. The van der Waals surface area contributed by atoms with Crippen LogP contribution in [0.15, 0.2) is 122 Å². The lowest BCUT2D eigenvalue weighted by atomic mass is 9.98. The van der Waals surface area contributed by atoms with Crippen LogP contribution >= 0.6 is 0 Å². The van der Waals surface area contributed by atoms with Crippen LogP contribution in [0.4, 0.5) is 0 Å². The van der Waals surface area contributed by atoms with Crippen LogP contribution in [0.3, 0.4) is 0 Å². The number of aryl methyl sites for hydroxylation is 1. The molecule has 3 heteroatoms. The number of ether oxygens (including phenoxy) is 1. The van der Waals surface area contributed by atoms with E-state index in [0.717, 1.165) is 25.7 Å². The standard InChI is InChI=1S/C45H32N2O/c1-2-9-30(10-3-1)46-40-16-7-6-13-33(40)34-19-17-28(25-42(34)46)29-18-20-35-36-23-24-48-27-44(36)47(43(35)26-29)41-22-21-38-32-12-5-4-11-31(32)37-14-8-15-39(41)45(37)38/h1-2,4-5,7-9,11-12,14-26H,3,6,10,13,27H2. The molecule has 0 fully saturated rings. The third kappa shape index (κ3) is 3.53. The quantitative estimate of drug-likeness (QED) is 0.193. The van der Waals surface area contributed by atoms with Gasteiger partial charge in [-0.1, -0.05) is 91.0 Å². The molecule has 0 N–H and O–H groups in total. The summed E-state index contributed by atoms with van der Waals surface area (Å²) >= 11 is 0. The summed E-state index contributed by atoms with van der Waals surface area (Å²) in [5.41, 5.74) is 18.1. The normalized spacial score (nSPS) is 15.5. The molecule has 0 saturated heterocycles. The summed E-state index contributed by atoms with van der Waals surface area (Å²) < 4.78 is 11.0. The van der Waals surface area contributed by atoms with Crippen molar-refractivity contribution in [2.24, 2.45) is 0 Å². The number of benzene rings is 5. The Balaban J connectivity index is 1.14. The molecule has 11 rings (SSSR count). The Kier molecular flexibility index (Phi) is 5.40. The van der Waals surface area contributed by atoms with Gasteiger partial charge >= 0.3 is 0 Å². The molecule has 0 unspecified atom stereocenters. The van der Waals surface area contributed by atoms with E-state index in [2.05, 4.69) is 137 Å². The molecule has 0 saturated carbocycles. The summed E-state index contributed by atoms with van der Waals surface area (Å²) in [7, 11) is 0. The van der Waals surface area contributed by atoms with Gasteiger partial charge in [-0.15, -0.1) is 0 Å². The molecule has 7 aromatic rings. The molecule has 48 heavy (non-hydrogen) atoms. The second-order valence-corrected chi connectivity index (χ2v) is 13.4. The van der Waals surface area contributed by atoms with Crippen LogP contribution in [0.2, 0.25) is 0 Å². The third-order valence-corrected chi connectivity index (χ3v) is 11.0. The zero-order valence-corrected chi connectivity index (χ0v) is 26.5. The SMILES string of the molecule is C1=CCCC(n2c3c(c4ccc(-c5ccc6c7c(n(-c8ccc9c%10c(cccc8%10)-c8ccccc8-9)c6c5)COC=C7)cc42)CCC=C3)=C1. The fourth-order valence-corrected chi connectivity index (χ4v) is 8.88. The monoisotopic (exact) mass is 616 g/mol. The molecule has 4 aliphatic rings. The minimum Gasteiger partial charge on any atom is -0.495 e. The largest absolute Gasteiger partial charge is 0.495 e. The van der Waals surface area contributed by atoms with Crippen LogP contribution < -0.4 is 0 Å². The molecule has 3 nitrogen and oxygen atoms in total. The maximum atomic E-state index is 5.96. The highest BCUT2D eigenvalue weighted by Gasteiger charge is 2.26. The molecule has 228 valence electrons. The Morgan fingerprint density at radius 1 is 0.604 bits per heavy atom. The van der Waals surface area contributed by atoms with Crippen LogP contribution in [-0.2, 0) is 17.8 Å². The van der Waals surface area contributed by atoms with E-state index in [-0.39, 0.29) is 0 Å². The van der Waals surface area contributed by atoms with Gasteiger partial charge < -0.3 is 13.9 Å². The molecule has 0 bridgehead atoms. The van der Waals surface area contributed by atoms with E-state index >= 15 is 0 Å². The summed E-state index contributed by atoms with van der Waals surface area (Å²) in [5.74, 6) is 0. The van der Waals surface area contributed by atoms with E-state index in [1.165, 1.54) is 99.9 Å². The first-order valence-electron chi connectivity index (χ1n) is 17.2. The van der Waals surface area contributed by atoms with Crippen LogP contribution in [0.5, 0.6) is 0 Å². The highest BCUT2D eigenvalue weighted by molar-refractivity contribution is 6.17. The molecule has 5 aromatic carbocycles. The number of allylic oxidation sites excluding steroid dienone is 5. The van der Waals surface area contributed by atoms with Gasteiger partial charge in [-0.3, -0.25) is 0 Å². The van der Waals surface area contributed by atoms with E-state index in [1.54, 1.807) is 0 Å². The minimum atomic E-state index is 0.543. The topological polar surface area (TPSA) is 19.1 Å². The maximum Gasteiger partial charge on any atom is 0.128 e. The first-order valence-corrected chi connectivity index (χ1v) is 17.2. The molecule has 3 heterocycles. The fraction of sp³-hybridized carbons (Fsp3) is 0.111. The van der Waals surface area contributed by atoms with Gasteiger partial charge in [-0.05, 0) is 106 Å². The minimum absolute atomic E-state index is 0.543. The lowest BCUT2D eigenvalue weighted by Crippen LogP contribution is -2.05. The highest BCUT2D eigenvalue weighted by atomic mass is 16.5. The Labute approximate surface area is 279 Å². The van der Waals surface area contributed by atoms with Crippen molar-refractivity contribution < 1.29 is 4.74 Å². The van der Waals surface area contributed by atoms with Gasteiger partial charge in [0.05, 0.1) is 28.7 Å². The summed E-state index contributed by atoms with van der Waals surface area (Å²) in [5, 5.41) is 5.24. The molecule has 0 atom stereocenters. The van der Waals surface area contributed by atoms with Crippen LogP contribution in [0.1, 0.15) is 41.8 Å². The van der Waals surface area contributed by atoms with Crippen LogP contribution in [-0.4, -0.2) is 9.13 Å². The number of hydrogen-bond acceptors (Lipinski definition) is 1. The van der Waals surface area contributed by atoms with Crippen molar-refractivity contribution in [3.05, 3.63) is 144 Å². The Morgan fingerprint density at radius 2 is 1.38 bits per heavy atom. The zero-order chi connectivity index (χ0) is 31.3. The lowest BCUT2D eigenvalue weighted by molar-refractivity contribution is 0.229. The van der Waals surface area contributed by atoms with Gasteiger partial charge in [0.15, 0.2) is 0 Å². The second-order valence-electron chi connectivity index (χ2n) is 13.4.